The van der Waals surface area contributed by atoms with E-state index in [1.54, 1.807) is 0 Å². The van der Waals surface area contributed by atoms with Crippen LogP contribution >= 0.6 is 11.6 Å². The number of unbranched alkanes of at least 4 members (excludes halogenated alkanes) is 1. The summed E-state index contributed by atoms with van der Waals surface area (Å²) in [5, 5.41) is 10.5. The third kappa shape index (κ3) is 4.42. The second-order valence-electron chi connectivity index (χ2n) is 3.39. The smallest absolute Gasteiger partial charge is 0.367 e. The Labute approximate surface area is 109 Å². The molecule has 7 nitrogen and oxygen atoms in total. The van der Waals surface area contributed by atoms with Crippen molar-refractivity contribution in [1.82, 2.24) is 9.97 Å². The van der Waals surface area contributed by atoms with E-state index in [4.69, 9.17) is 21.1 Å². The van der Waals surface area contributed by atoms with E-state index in [-0.39, 0.29) is 17.6 Å². The number of halogens is 1. The zero-order valence-electron chi connectivity index (χ0n) is 9.97. The maximum absolute atomic E-state index is 10.7. The number of nitrogens with zero attached hydrogens (tertiary/aromatic N) is 3. The minimum Gasteiger partial charge on any atom is -0.470 e. The third-order valence-electron chi connectivity index (χ3n) is 2.04. The van der Waals surface area contributed by atoms with Gasteiger partial charge in [-0.1, -0.05) is 24.9 Å². The molecule has 8 heteroatoms. The molecule has 0 amide bonds. The lowest BCUT2D eigenvalue weighted by atomic mass is 10.4. The summed E-state index contributed by atoms with van der Waals surface area (Å²) in [6.07, 6.45) is 3.13. The Morgan fingerprint density at radius 2 is 2.17 bits per heavy atom. The Kier molecular flexibility index (Phi) is 6.31. The molecule has 100 valence electrons. The van der Waals surface area contributed by atoms with Crippen molar-refractivity contribution < 1.29 is 14.4 Å². The number of aromatic nitrogens is 2. The van der Waals surface area contributed by atoms with Crippen LogP contribution in [0.3, 0.4) is 0 Å². The van der Waals surface area contributed by atoms with E-state index in [2.05, 4.69) is 16.9 Å². The maximum atomic E-state index is 10.7. The Morgan fingerprint density at radius 3 is 2.83 bits per heavy atom. The Bertz CT molecular complexity index is 403. The average molecular weight is 276 g/mol. The molecule has 0 N–H and O–H groups in total. The van der Waals surface area contributed by atoms with Crippen molar-refractivity contribution in [1.29, 1.82) is 0 Å². The highest BCUT2D eigenvalue weighted by Gasteiger charge is 2.22. The molecule has 0 saturated carbocycles. The number of ether oxygens (including phenoxy) is 2. The van der Waals surface area contributed by atoms with Crippen LogP contribution in [0, 0.1) is 10.1 Å². The molecule has 0 unspecified atom stereocenters. The summed E-state index contributed by atoms with van der Waals surface area (Å²) in [6, 6.07) is 0. The molecular formula is C10H14ClN3O4. The first kappa shape index (κ1) is 14.6. The van der Waals surface area contributed by atoms with Gasteiger partial charge in [0, 0.05) is 6.61 Å². The fourth-order valence-electron chi connectivity index (χ4n) is 1.15. The molecule has 0 spiro atoms. The summed E-state index contributed by atoms with van der Waals surface area (Å²) < 4.78 is 10.4. The van der Waals surface area contributed by atoms with Crippen LogP contribution in [-0.2, 0) is 4.74 Å². The van der Waals surface area contributed by atoms with E-state index in [1.807, 2.05) is 0 Å². The molecule has 1 aromatic heterocycles. The van der Waals surface area contributed by atoms with E-state index in [0.29, 0.717) is 13.2 Å². The van der Waals surface area contributed by atoms with Gasteiger partial charge in [0.1, 0.15) is 12.9 Å². The highest BCUT2D eigenvalue weighted by Crippen LogP contribution is 2.29. The lowest BCUT2D eigenvalue weighted by Crippen LogP contribution is -2.10. The molecule has 0 atom stereocenters. The largest absolute Gasteiger partial charge is 0.470 e. The van der Waals surface area contributed by atoms with Gasteiger partial charge < -0.3 is 9.47 Å². The molecule has 0 radical (unpaired) electrons. The van der Waals surface area contributed by atoms with Crippen LogP contribution in [0.5, 0.6) is 5.88 Å². The van der Waals surface area contributed by atoms with Crippen LogP contribution < -0.4 is 4.74 Å². The molecule has 0 fully saturated rings. The molecule has 0 aliphatic carbocycles. The zero-order chi connectivity index (χ0) is 13.4. The van der Waals surface area contributed by atoms with Crippen LogP contribution in [0.25, 0.3) is 0 Å². The van der Waals surface area contributed by atoms with Gasteiger partial charge in [-0.05, 0) is 6.42 Å². The quantitative estimate of drug-likeness (QED) is 0.313. The fraction of sp³-hybridized carbons (Fsp3) is 0.600. The first-order valence-corrected chi connectivity index (χ1v) is 5.90. The van der Waals surface area contributed by atoms with E-state index < -0.39 is 10.6 Å². The molecule has 18 heavy (non-hydrogen) atoms. The molecular weight excluding hydrogens is 262 g/mol. The molecule has 0 saturated heterocycles. The number of nitro groups is 1. The van der Waals surface area contributed by atoms with Gasteiger partial charge in [0.05, 0.1) is 11.5 Å². The lowest BCUT2D eigenvalue weighted by molar-refractivity contribution is -0.386. The minimum absolute atomic E-state index is 0.140. The molecule has 0 bridgehead atoms. The molecule has 0 aromatic carbocycles. The first-order chi connectivity index (χ1) is 8.66. The highest BCUT2D eigenvalue weighted by atomic mass is 35.5. The van der Waals surface area contributed by atoms with Gasteiger partial charge in [0.15, 0.2) is 0 Å². The minimum atomic E-state index is -0.671. The van der Waals surface area contributed by atoms with Gasteiger partial charge >= 0.3 is 5.69 Å². The lowest BCUT2D eigenvalue weighted by Gasteiger charge is -2.06. The monoisotopic (exact) mass is 275 g/mol. The summed E-state index contributed by atoms with van der Waals surface area (Å²) >= 11 is 5.60. The standard InChI is InChI=1S/C10H14ClN3O4/c1-2-3-4-17-5-6-18-10-8(14(15)16)9(11)12-7-13-10/h7H,2-6H2,1H3. The van der Waals surface area contributed by atoms with Crippen LogP contribution in [-0.4, -0.2) is 34.7 Å². The van der Waals surface area contributed by atoms with E-state index in [0.717, 1.165) is 19.2 Å². The molecule has 1 heterocycles. The molecule has 0 aliphatic heterocycles. The summed E-state index contributed by atoms with van der Waals surface area (Å²) in [4.78, 5) is 17.3. The topological polar surface area (TPSA) is 87.4 Å². The third-order valence-corrected chi connectivity index (χ3v) is 2.31. The van der Waals surface area contributed by atoms with Crippen molar-refractivity contribution in [2.24, 2.45) is 0 Å². The molecule has 1 aromatic rings. The van der Waals surface area contributed by atoms with Crippen molar-refractivity contribution in [3.8, 4) is 5.88 Å². The fourth-order valence-corrected chi connectivity index (χ4v) is 1.34. The first-order valence-electron chi connectivity index (χ1n) is 5.52. The summed E-state index contributed by atoms with van der Waals surface area (Å²) in [5.41, 5.74) is -0.423. The van der Waals surface area contributed by atoms with Gasteiger partial charge in [-0.2, -0.15) is 4.98 Å². The summed E-state index contributed by atoms with van der Waals surface area (Å²) in [5.74, 6) is -0.140. The van der Waals surface area contributed by atoms with Crippen LogP contribution in [0.15, 0.2) is 6.33 Å². The number of rotatable bonds is 8. The van der Waals surface area contributed by atoms with Crippen molar-refractivity contribution in [3.63, 3.8) is 0 Å². The van der Waals surface area contributed by atoms with Crippen molar-refractivity contribution in [3.05, 3.63) is 21.6 Å². The predicted octanol–water partition coefficient (Wildman–Crippen LogP) is 2.23. The van der Waals surface area contributed by atoms with E-state index in [1.165, 1.54) is 0 Å². The van der Waals surface area contributed by atoms with Crippen LogP contribution in [0.1, 0.15) is 19.8 Å². The second kappa shape index (κ2) is 7.78. The van der Waals surface area contributed by atoms with Gasteiger partial charge in [-0.15, -0.1) is 0 Å². The van der Waals surface area contributed by atoms with Gasteiger partial charge in [-0.3, -0.25) is 10.1 Å². The Balaban J connectivity index is 2.47. The second-order valence-corrected chi connectivity index (χ2v) is 3.75. The van der Waals surface area contributed by atoms with Crippen LogP contribution in [0.2, 0.25) is 5.15 Å². The molecule has 1 rings (SSSR count). The zero-order valence-corrected chi connectivity index (χ0v) is 10.7. The molecule has 0 aliphatic rings. The van der Waals surface area contributed by atoms with Gasteiger partial charge in [-0.25, -0.2) is 4.98 Å². The van der Waals surface area contributed by atoms with Crippen molar-refractivity contribution in [2.75, 3.05) is 19.8 Å². The summed E-state index contributed by atoms with van der Waals surface area (Å²) in [6.45, 7) is 3.23. The highest BCUT2D eigenvalue weighted by molar-refractivity contribution is 6.31. The maximum Gasteiger partial charge on any atom is 0.367 e. The SMILES string of the molecule is CCCCOCCOc1ncnc(Cl)c1[N+](=O)[O-]. The van der Waals surface area contributed by atoms with Crippen molar-refractivity contribution in [2.45, 2.75) is 19.8 Å². The predicted molar refractivity (Wildman–Crippen MR) is 64.9 cm³/mol. The van der Waals surface area contributed by atoms with Gasteiger partial charge in [0.2, 0.25) is 5.15 Å². The van der Waals surface area contributed by atoms with Crippen molar-refractivity contribution >= 4 is 17.3 Å². The van der Waals surface area contributed by atoms with Crippen LogP contribution in [0.4, 0.5) is 5.69 Å². The van der Waals surface area contributed by atoms with E-state index >= 15 is 0 Å². The average Bonchev–Trinajstić information content (AvgIpc) is 2.33. The van der Waals surface area contributed by atoms with Gasteiger partial charge in [0.25, 0.3) is 5.88 Å². The number of hydrogen-bond donors (Lipinski definition) is 0. The normalized spacial score (nSPS) is 10.3. The summed E-state index contributed by atoms with van der Waals surface area (Å²) in [7, 11) is 0. The number of hydrogen-bond acceptors (Lipinski definition) is 6. The Morgan fingerprint density at radius 1 is 1.39 bits per heavy atom. The Hall–Kier alpha value is -1.47. The van der Waals surface area contributed by atoms with E-state index in [9.17, 15) is 10.1 Å².